The highest BCUT2D eigenvalue weighted by atomic mass is 35.5. The molecule has 0 radical (unpaired) electrons. The molecule has 0 unspecified atom stereocenters. The molecule has 20 heavy (non-hydrogen) atoms. The number of carbonyl (C=O) groups is 1. The molecule has 2 aromatic carbocycles. The van der Waals surface area contributed by atoms with Crippen molar-refractivity contribution < 1.29 is 4.79 Å². The molecule has 3 rings (SSSR count). The zero-order chi connectivity index (χ0) is 14.3. The van der Waals surface area contributed by atoms with Crippen LogP contribution in [0, 0.1) is 0 Å². The average Bonchev–Trinajstić information content (AvgIpc) is 2.82. The molecular formula is C15H14ClN3O. The van der Waals surface area contributed by atoms with Gasteiger partial charge < -0.3 is 16.4 Å². The Labute approximate surface area is 121 Å². The van der Waals surface area contributed by atoms with Gasteiger partial charge in [-0.25, -0.2) is 0 Å². The van der Waals surface area contributed by atoms with Crippen LogP contribution in [0.4, 0.5) is 17.1 Å². The Morgan fingerprint density at radius 3 is 2.75 bits per heavy atom. The fraction of sp³-hybridized carbons (Fsp3) is 0.133. The Kier molecular flexibility index (Phi) is 3.03. The minimum Gasteiger partial charge on any atom is -0.397 e. The number of anilines is 3. The fourth-order valence-electron chi connectivity index (χ4n) is 2.70. The van der Waals surface area contributed by atoms with Gasteiger partial charge in [0.15, 0.2) is 0 Å². The first kappa shape index (κ1) is 12.8. The van der Waals surface area contributed by atoms with E-state index in [-0.39, 0.29) is 0 Å². The lowest BCUT2D eigenvalue weighted by Crippen LogP contribution is -2.20. The van der Waals surface area contributed by atoms with Crippen LogP contribution in [0.15, 0.2) is 36.4 Å². The second-order valence-corrected chi connectivity index (χ2v) is 5.22. The van der Waals surface area contributed by atoms with Crippen LogP contribution < -0.4 is 16.4 Å². The van der Waals surface area contributed by atoms with E-state index in [0.717, 1.165) is 29.9 Å². The van der Waals surface area contributed by atoms with E-state index < -0.39 is 5.91 Å². The summed E-state index contributed by atoms with van der Waals surface area (Å²) in [5.74, 6) is -0.443. The van der Waals surface area contributed by atoms with Crippen molar-refractivity contribution in [1.82, 2.24) is 0 Å². The Morgan fingerprint density at radius 2 is 2.00 bits per heavy atom. The van der Waals surface area contributed by atoms with Crippen LogP contribution in [-0.2, 0) is 6.42 Å². The minimum atomic E-state index is -0.443. The van der Waals surface area contributed by atoms with Crippen molar-refractivity contribution in [2.75, 3.05) is 17.2 Å². The van der Waals surface area contributed by atoms with E-state index in [9.17, 15) is 4.79 Å². The van der Waals surface area contributed by atoms with Crippen molar-refractivity contribution in [1.29, 1.82) is 0 Å². The first-order valence-electron chi connectivity index (χ1n) is 6.32. The second kappa shape index (κ2) is 4.72. The lowest BCUT2D eigenvalue weighted by molar-refractivity contribution is 0.100. The summed E-state index contributed by atoms with van der Waals surface area (Å²) in [6.45, 7) is 0.754. The highest BCUT2D eigenvalue weighted by molar-refractivity contribution is 6.31. The number of nitrogen functional groups attached to an aromatic ring is 1. The van der Waals surface area contributed by atoms with Gasteiger partial charge in [0.05, 0.1) is 22.6 Å². The smallest absolute Gasteiger partial charge is 0.250 e. The number of halogens is 1. The molecule has 102 valence electrons. The van der Waals surface area contributed by atoms with E-state index in [1.54, 1.807) is 18.2 Å². The number of para-hydroxylation sites is 1. The van der Waals surface area contributed by atoms with Crippen LogP contribution in [0.2, 0.25) is 5.02 Å². The molecule has 1 aliphatic heterocycles. The second-order valence-electron chi connectivity index (χ2n) is 4.79. The molecule has 0 bridgehead atoms. The summed E-state index contributed by atoms with van der Waals surface area (Å²) >= 11 is 6.03. The number of primary amides is 1. The van der Waals surface area contributed by atoms with Gasteiger partial charge >= 0.3 is 0 Å². The molecule has 1 aliphatic rings. The number of rotatable bonds is 2. The monoisotopic (exact) mass is 287 g/mol. The highest BCUT2D eigenvalue weighted by Crippen LogP contribution is 2.41. The number of hydrogen-bond acceptors (Lipinski definition) is 3. The molecule has 4 nitrogen and oxygen atoms in total. The topological polar surface area (TPSA) is 72.4 Å². The van der Waals surface area contributed by atoms with E-state index in [2.05, 4.69) is 0 Å². The summed E-state index contributed by atoms with van der Waals surface area (Å²) in [5, 5.41) is 0.631. The molecule has 0 aliphatic carbocycles. The predicted molar refractivity (Wildman–Crippen MR) is 81.5 cm³/mol. The van der Waals surface area contributed by atoms with Gasteiger partial charge in [0.2, 0.25) is 0 Å². The third kappa shape index (κ3) is 1.98. The Morgan fingerprint density at radius 1 is 1.25 bits per heavy atom. The van der Waals surface area contributed by atoms with Crippen LogP contribution >= 0.6 is 11.6 Å². The van der Waals surface area contributed by atoms with Crippen LogP contribution in [-0.4, -0.2) is 12.5 Å². The average molecular weight is 288 g/mol. The summed E-state index contributed by atoms with van der Waals surface area (Å²) in [4.78, 5) is 13.6. The summed E-state index contributed by atoms with van der Waals surface area (Å²) in [7, 11) is 0. The van der Waals surface area contributed by atoms with E-state index in [1.165, 1.54) is 0 Å². The maximum atomic E-state index is 11.6. The maximum absolute atomic E-state index is 11.6. The number of benzene rings is 2. The van der Waals surface area contributed by atoms with E-state index in [1.807, 2.05) is 23.1 Å². The van der Waals surface area contributed by atoms with Crippen molar-refractivity contribution in [2.45, 2.75) is 6.42 Å². The molecule has 1 heterocycles. The number of fused-ring (bicyclic) bond motifs is 1. The number of hydrogen-bond donors (Lipinski definition) is 2. The van der Waals surface area contributed by atoms with Crippen molar-refractivity contribution >= 4 is 34.6 Å². The molecule has 0 spiro atoms. The van der Waals surface area contributed by atoms with Crippen LogP contribution in [0.1, 0.15) is 15.9 Å². The molecule has 1 amide bonds. The van der Waals surface area contributed by atoms with E-state index in [4.69, 9.17) is 23.1 Å². The number of carbonyl (C=O) groups excluding carboxylic acids is 1. The van der Waals surface area contributed by atoms with Gasteiger partial charge in [-0.2, -0.15) is 0 Å². The van der Waals surface area contributed by atoms with Gasteiger partial charge in [0.1, 0.15) is 0 Å². The zero-order valence-electron chi connectivity index (χ0n) is 10.8. The number of nitrogens with zero attached hydrogens (tertiary/aromatic N) is 1. The SMILES string of the molecule is NC(=O)c1ccccc1N1CCc2cc(Cl)cc(N)c21. The standard InChI is InChI=1S/C15H14ClN3O/c16-10-7-9-5-6-19(14(9)12(17)8-10)13-4-2-1-3-11(13)15(18)20/h1-4,7-8H,5-6,17H2,(H2,18,20). The van der Waals surface area contributed by atoms with E-state index in [0.29, 0.717) is 16.3 Å². The molecule has 5 heteroatoms. The molecule has 4 N–H and O–H groups in total. The fourth-order valence-corrected chi connectivity index (χ4v) is 2.95. The van der Waals surface area contributed by atoms with Crippen LogP contribution in [0.3, 0.4) is 0 Å². The molecule has 0 saturated carbocycles. The molecule has 0 aromatic heterocycles. The molecule has 2 aromatic rings. The summed E-state index contributed by atoms with van der Waals surface area (Å²) in [5.41, 5.74) is 15.4. The van der Waals surface area contributed by atoms with Gasteiger partial charge in [-0.1, -0.05) is 23.7 Å². The van der Waals surface area contributed by atoms with Crippen molar-refractivity contribution in [3.05, 3.63) is 52.5 Å². The molecular weight excluding hydrogens is 274 g/mol. The van der Waals surface area contributed by atoms with Gasteiger partial charge in [-0.05, 0) is 36.2 Å². The number of nitrogens with two attached hydrogens (primary N) is 2. The third-order valence-corrected chi connectivity index (χ3v) is 3.74. The van der Waals surface area contributed by atoms with E-state index >= 15 is 0 Å². The first-order chi connectivity index (χ1) is 9.58. The summed E-state index contributed by atoms with van der Waals surface area (Å²) < 4.78 is 0. The molecule has 0 saturated heterocycles. The van der Waals surface area contributed by atoms with Crippen LogP contribution in [0.5, 0.6) is 0 Å². The van der Waals surface area contributed by atoms with Gasteiger partial charge in [-0.15, -0.1) is 0 Å². The Balaban J connectivity index is 2.15. The summed E-state index contributed by atoms with van der Waals surface area (Å²) in [6, 6.07) is 10.9. The van der Waals surface area contributed by atoms with Gasteiger partial charge in [0.25, 0.3) is 5.91 Å². The zero-order valence-corrected chi connectivity index (χ0v) is 11.5. The third-order valence-electron chi connectivity index (χ3n) is 3.52. The first-order valence-corrected chi connectivity index (χ1v) is 6.70. The quantitative estimate of drug-likeness (QED) is 0.834. The minimum absolute atomic E-state index is 0.443. The van der Waals surface area contributed by atoms with Crippen LogP contribution in [0.25, 0.3) is 0 Å². The lowest BCUT2D eigenvalue weighted by atomic mass is 10.1. The Bertz CT molecular complexity index is 700. The lowest BCUT2D eigenvalue weighted by Gasteiger charge is -2.23. The van der Waals surface area contributed by atoms with Gasteiger partial charge in [0, 0.05) is 11.6 Å². The van der Waals surface area contributed by atoms with Gasteiger partial charge in [-0.3, -0.25) is 4.79 Å². The predicted octanol–water partition coefficient (Wildman–Crippen LogP) is 2.72. The van der Waals surface area contributed by atoms with Crippen molar-refractivity contribution in [2.24, 2.45) is 5.73 Å². The number of amides is 1. The highest BCUT2D eigenvalue weighted by Gasteiger charge is 2.26. The van der Waals surface area contributed by atoms with Crippen molar-refractivity contribution in [3.63, 3.8) is 0 Å². The maximum Gasteiger partial charge on any atom is 0.250 e. The van der Waals surface area contributed by atoms with Crippen molar-refractivity contribution in [3.8, 4) is 0 Å². The largest absolute Gasteiger partial charge is 0.397 e. The Hall–Kier alpha value is -2.20. The summed E-state index contributed by atoms with van der Waals surface area (Å²) in [6.07, 6.45) is 0.840. The molecule has 0 atom stereocenters. The normalized spacial score (nSPS) is 13.3. The molecule has 0 fully saturated rings.